The van der Waals surface area contributed by atoms with Crippen molar-refractivity contribution in [3.63, 3.8) is 0 Å². The Morgan fingerprint density at radius 3 is 2.57 bits per heavy atom. The summed E-state index contributed by atoms with van der Waals surface area (Å²) < 4.78 is 0. The van der Waals surface area contributed by atoms with E-state index in [1.165, 1.54) is 12.1 Å². The van der Waals surface area contributed by atoms with Gasteiger partial charge in [-0.25, -0.2) is 0 Å². The van der Waals surface area contributed by atoms with Crippen LogP contribution in [0, 0.1) is 21.4 Å². The predicted molar refractivity (Wildman–Crippen MR) is 83.4 cm³/mol. The van der Waals surface area contributed by atoms with Crippen molar-refractivity contribution in [1.82, 2.24) is 0 Å². The number of hydrogen-bond acceptors (Lipinski definition) is 5. The first kappa shape index (κ1) is 15.7. The molecule has 0 fully saturated rings. The highest BCUT2D eigenvalue weighted by Crippen LogP contribution is 2.27. The molecule has 2 aromatic rings. The molecule has 0 saturated heterocycles. The lowest BCUT2D eigenvalue weighted by Crippen LogP contribution is -2.13. The standard InChI is InChI=1S/C16H11N3O4/c17-10-12(16(21)18-13-4-2-1-3-5-13)8-11-6-7-15(20)14(9-11)19(22)23/h1-9,20H,(H,18,21)/b12-8+. The molecule has 0 heterocycles. The molecular formula is C16H11N3O4. The molecule has 0 atom stereocenters. The number of nitrogens with zero attached hydrogens (tertiary/aromatic N) is 2. The first-order valence-electron chi connectivity index (χ1n) is 6.47. The second-order valence-electron chi connectivity index (χ2n) is 4.50. The number of aromatic hydroxyl groups is 1. The van der Waals surface area contributed by atoms with Crippen LogP contribution in [0.1, 0.15) is 5.56 Å². The topological polar surface area (TPSA) is 116 Å². The van der Waals surface area contributed by atoms with Crippen LogP contribution in [-0.4, -0.2) is 15.9 Å². The van der Waals surface area contributed by atoms with Crippen molar-refractivity contribution < 1.29 is 14.8 Å². The highest BCUT2D eigenvalue weighted by atomic mass is 16.6. The number of anilines is 1. The molecule has 0 aliphatic rings. The molecule has 0 aliphatic carbocycles. The lowest BCUT2D eigenvalue weighted by Gasteiger charge is -2.04. The van der Waals surface area contributed by atoms with Gasteiger partial charge in [0.15, 0.2) is 5.75 Å². The molecule has 0 aromatic heterocycles. The molecule has 7 nitrogen and oxygen atoms in total. The van der Waals surface area contributed by atoms with Crippen molar-refractivity contribution in [1.29, 1.82) is 5.26 Å². The normalized spacial score (nSPS) is 10.7. The number of nitriles is 1. The maximum Gasteiger partial charge on any atom is 0.311 e. The van der Waals surface area contributed by atoms with Crippen LogP contribution in [0.15, 0.2) is 54.1 Å². The summed E-state index contributed by atoms with van der Waals surface area (Å²) in [5, 5.41) is 31.8. The Hall–Kier alpha value is -3.66. The summed E-state index contributed by atoms with van der Waals surface area (Å²) in [7, 11) is 0. The largest absolute Gasteiger partial charge is 0.502 e. The van der Waals surface area contributed by atoms with Crippen molar-refractivity contribution in [3.8, 4) is 11.8 Å². The Kier molecular flexibility index (Phi) is 4.69. The third-order valence-corrected chi connectivity index (χ3v) is 2.90. The van der Waals surface area contributed by atoms with E-state index in [0.717, 1.165) is 12.1 Å². The van der Waals surface area contributed by atoms with Gasteiger partial charge in [0.2, 0.25) is 0 Å². The summed E-state index contributed by atoms with van der Waals surface area (Å²) in [5.74, 6) is -1.12. The Balaban J connectivity index is 2.28. The fraction of sp³-hybridized carbons (Fsp3) is 0. The third-order valence-electron chi connectivity index (χ3n) is 2.90. The van der Waals surface area contributed by atoms with Crippen LogP contribution in [0.2, 0.25) is 0 Å². The van der Waals surface area contributed by atoms with E-state index in [0.29, 0.717) is 5.69 Å². The summed E-state index contributed by atoms with van der Waals surface area (Å²) in [5.41, 5.74) is 0.0675. The zero-order chi connectivity index (χ0) is 16.8. The average Bonchev–Trinajstić information content (AvgIpc) is 2.54. The van der Waals surface area contributed by atoms with E-state index in [1.54, 1.807) is 36.4 Å². The Labute approximate surface area is 131 Å². The van der Waals surface area contributed by atoms with Crippen LogP contribution in [0.4, 0.5) is 11.4 Å². The Morgan fingerprint density at radius 1 is 1.26 bits per heavy atom. The van der Waals surface area contributed by atoms with Gasteiger partial charge in [0.05, 0.1) is 4.92 Å². The van der Waals surface area contributed by atoms with Gasteiger partial charge in [0.1, 0.15) is 11.6 Å². The SMILES string of the molecule is N#C/C(=C\c1ccc(O)c([N+](=O)[O-])c1)C(=O)Nc1ccccc1. The number of amides is 1. The molecule has 2 aromatic carbocycles. The second kappa shape index (κ2) is 6.87. The minimum Gasteiger partial charge on any atom is -0.502 e. The van der Waals surface area contributed by atoms with E-state index in [4.69, 9.17) is 5.26 Å². The molecule has 2 N–H and O–H groups in total. The number of phenols is 1. The van der Waals surface area contributed by atoms with Gasteiger partial charge in [-0.05, 0) is 29.8 Å². The van der Waals surface area contributed by atoms with Crippen LogP contribution in [-0.2, 0) is 4.79 Å². The van der Waals surface area contributed by atoms with Crippen molar-refractivity contribution in [2.75, 3.05) is 5.32 Å². The number of hydrogen-bond donors (Lipinski definition) is 2. The molecule has 0 unspecified atom stereocenters. The zero-order valence-electron chi connectivity index (χ0n) is 11.8. The van der Waals surface area contributed by atoms with E-state index >= 15 is 0 Å². The second-order valence-corrected chi connectivity index (χ2v) is 4.50. The van der Waals surface area contributed by atoms with E-state index in [9.17, 15) is 20.0 Å². The number of carbonyl (C=O) groups is 1. The summed E-state index contributed by atoms with van der Waals surface area (Å²) in [6, 6.07) is 13.9. The van der Waals surface area contributed by atoms with E-state index < -0.39 is 22.3 Å². The Morgan fingerprint density at radius 2 is 1.96 bits per heavy atom. The van der Waals surface area contributed by atoms with Crippen molar-refractivity contribution in [3.05, 3.63) is 69.8 Å². The molecule has 2 rings (SSSR count). The minimum absolute atomic E-state index is 0.214. The lowest BCUT2D eigenvalue weighted by atomic mass is 10.1. The quantitative estimate of drug-likeness (QED) is 0.390. The van der Waals surface area contributed by atoms with Gasteiger partial charge in [-0.15, -0.1) is 0 Å². The molecule has 0 saturated carbocycles. The number of rotatable bonds is 4. The van der Waals surface area contributed by atoms with Gasteiger partial charge < -0.3 is 10.4 Å². The summed E-state index contributed by atoms with van der Waals surface area (Å²) in [6.45, 7) is 0. The maximum absolute atomic E-state index is 12.0. The molecule has 0 spiro atoms. The zero-order valence-corrected chi connectivity index (χ0v) is 11.8. The first-order valence-corrected chi connectivity index (χ1v) is 6.47. The van der Waals surface area contributed by atoms with Gasteiger partial charge >= 0.3 is 5.69 Å². The highest BCUT2D eigenvalue weighted by molar-refractivity contribution is 6.09. The molecule has 114 valence electrons. The van der Waals surface area contributed by atoms with E-state index in [2.05, 4.69) is 5.32 Å². The molecule has 0 bridgehead atoms. The fourth-order valence-corrected chi connectivity index (χ4v) is 1.81. The maximum atomic E-state index is 12.0. The minimum atomic E-state index is -0.747. The van der Waals surface area contributed by atoms with Crippen LogP contribution in [0.25, 0.3) is 6.08 Å². The van der Waals surface area contributed by atoms with Crippen molar-refractivity contribution in [2.45, 2.75) is 0 Å². The van der Waals surface area contributed by atoms with E-state index in [-0.39, 0.29) is 11.1 Å². The first-order chi connectivity index (χ1) is 11.0. The van der Waals surface area contributed by atoms with Gasteiger partial charge in [-0.2, -0.15) is 5.26 Å². The lowest BCUT2D eigenvalue weighted by molar-refractivity contribution is -0.385. The van der Waals surface area contributed by atoms with Crippen LogP contribution in [0.5, 0.6) is 5.75 Å². The third kappa shape index (κ3) is 3.92. The smallest absolute Gasteiger partial charge is 0.311 e. The molecular weight excluding hydrogens is 298 g/mol. The number of nitro groups is 1. The molecule has 7 heteroatoms. The Bertz CT molecular complexity index is 823. The molecule has 0 aliphatic heterocycles. The van der Waals surface area contributed by atoms with E-state index in [1.807, 2.05) is 0 Å². The van der Waals surface area contributed by atoms with Crippen LogP contribution < -0.4 is 5.32 Å². The predicted octanol–water partition coefficient (Wildman–Crippen LogP) is 2.85. The van der Waals surface area contributed by atoms with Crippen molar-refractivity contribution in [2.24, 2.45) is 0 Å². The van der Waals surface area contributed by atoms with Crippen LogP contribution >= 0.6 is 0 Å². The van der Waals surface area contributed by atoms with Gasteiger partial charge in [0.25, 0.3) is 5.91 Å². The number of phenolic OH excluding ortho intramolecular Hbond substituents is 1. The average molecular weight is 309 g/mol. The number of benzene rings is 2. The fourth-order valence-electron chi connectivity index (χ4n) is 1.81. The highest BCUT2D eigenvalue weighted by Gasteiger charge is 2.14. The van der Waals surface area contributed by atoms with Crippen LogP contribution in [0.3, 0.4) is 0 Å². The summed E-state index contributed by atoms with van der Waals surface area (Å²) >= 11 is 0. The number of carbonyl (C=O) groups excluding carboxylic acids is 1. The number of para-hydroxylation sites is 1. The molecule has 0 radical (unpaired) electrons. The monoisotopic (exact) mass is 309 g/mol. The number of nitrogens with one attached hydrogen (secondary N) is 1. The summed E-state index contributed by atoms with van der Waals surface area (Å²) in [4.78, 5) is 22.1. The number of nitro benzene ring substituents is 1. The van der Waals surface area contributed by atoms with Gasteiger partial charge in [0, 0.05) is 11.8 Å². The molecule has 23 heavy (non-hydrogen) atoms. The van der Waals surface area contributed by atoms with Gasteiger partial charge in [-0.3, -0.25) is 14.9 Å². The van der Waals surface area contributed by atoms with Crippen molar-refractivity contribution >= 4 is 23.4 Å². The molecule has 1 amide bonds. The van der Waals surface area contributed by atoms with Gasteiger partial charge in [-0.1, -0.05) is 24.3 Å². The summed E-state index contributed by atoms with van der Waals surface area (Å²) in [6.07, 6.45) is 1.21.